The lowest BCUT2D eigenvalue weighted by Crippen LogP contribution is -2.46. The zero-order chi connectivity index (χ0) is 13.0. The van der Waals surface area contributed by atoms with E-state index in [0.29, 0.717) is 18.0 Å². The molecular formula is C12H15N3O3. The maximum Gasteiger partial charge on any atom is 0.293 e. The number of aryl methyl sites for hydroxylation is 1. The van der Waals surface area contributed by atoms with E-state index in [2.05, 4.69) is 5.16 Å². The van der Waals surface area contributed by atoms with Gasteiger partial charge in [-0.25, -0.2) is 0 Å². The summed E-state index contributed by atoms with van der Waals surface area (Å²) < 4.78 is 5.07. The number of likely N-dealkylation sites (tertiary alicyclic amines) is 1. The van der Waals surface area contributed by atoms with Gasteiger partial charge in [0.25, 0.3) is 5.91 Å². The van der Waals surface area contributed by atoms with Crippen molar-refractivity contribution in [2.45, 2.75) is 38.8 Å². The molecule has 0 radical (unpaired) electrons. The smallest absolute Gasteiger partial charge is 0.293 e. The molecule has 1 aliphatic heterocycles. The second kappa shape index (κ2) is 3.57. The van der Waals surface area contributed by atoms with E-state index in [1.54, 1.807) is 18.7 Å². The minimum Gasteiger partial charge on any atom is -0.368 e. The summed E-state index contributed by atoms with van der Waals surface area (Å²) >= 11 is 0. The predicted octanol–water partition coefficient (Wildman–Crippen LogP) is 0.380. The molecule has 1 aliphatic carbocycles. The van der Waals surface area contributed by atoms with Gasteiger partial charge < -0.3 is 15.2 Å². The summed E-state index contributed by atoms with van der Waals surface area (Å²) in [6.07, 6.45) is 1.64. The molecular weight excluding hydrogens is 234 g/mol. The minimum atomic E-state index is -0.494. The molecule has 96 valence electrons. The van der Waals surface area contributed by atoms with Crippen molar-refractivity contribution in [3.8, 4) is 0 Å². The lowest BCUT2D eigenvalue weighted by Gasteiger charge is -2.24. The maximum absolute atomic E-state index is 12.4. The molecule has 3 rings (SSSR count). The highest BCUT2D eigenvalue weighted by molar-refractivity contribution is 5.97. The number of nitrogens with two attached hydrogens (primary N) is 1. The number of carbonyl (C=O) groups excluding carboxylic acids is 2. The first kappa shape index (κ1) is 11.3. The van der Waals surface area contributed by atoms with Crippen molar-refractivity contribution in [3.63, 3.8) is 0 Å². The molecule has 2 aliphatic rings. The Balaban J connectivity index is 1.92. The van der Waals surface area contributed by atoms with Gasteiger partial charge in [0.05, 0.1) is 5.69 Å². The molecule has 1 saturated carbocycles. The highest BCUT2D eigenvalue weighted by atomic mass is 16.5. The van der Waals surface area contributed by atoms with Crippen molar-refractivity contribution >= 4 is 11.8 Å². The van der Waals surface area contributed by atoms with E-state index in [9.17, 15) is 9.59 Å². The maximum atomic E-state index is 12.4. The molecule has 1 saturated heterocycles. The number of hydrogen-bond acceptors (Lipinski definition) is 4. The minimum absolute atomic E-state index is 0.153. The van der Waals surface area contributed by atoms with E-state index in [1.807, 2.05) is 0 Å². The van der Waals surface area contributed by atoms with Crippen LogP contribution >= 0.6 is 0 Å². The first-order valence-electron chi connectivity index (χ1n) is 6.05. The summed E-state index contributed by atoms with van der Waals surface area (Å²) in [6, 6.07) is -0.342. The van der Waals surface area contributed by atoms with E-state index in [-0.39, 0.29) is 17.7 Å². The van der Waals surface area contributed by atoms with Crippen LogP contribution in [0.25, 0.3) is 0 Å². The molecule has 2 amide bonds. The SMILES string of the molecule is Cc1noc(C(=O)N2C(C(N)=O)CC3CC32)c1C. The Hall–Kier alpha value is -1.85. The predicted molar refractivity (Wildman–Crippen MR) is 61.6 cm³/mol. The van der Waals surface area contributed by atoms with Crippen LogP contribution < -0.4 is 5.73 Å². The van der Waals surface area contributed by atoms with Crippen LogP contribution in [0.3, 0.4) is 0 Å². The molecule has 0 bridgehead atoms. The third kappa shape index (κ3) is 1.45. The largest absolute Gasteiger partial charge is 0.368 e. The molecule has 2 heterocycles. The fourth-order valence-electron chi connectivity index (χ4n) is 2.73. The van der Waals surface area contributed by atoms with Crippen molar-refractivity contribution in [1.29, 1.82) is 0 Å². The number of aromatic nitrogens is 1. The number of nitrogens with zero attached hydrogens (tertiary/aromatic N) is 2. The van der Waals surface area contributed by atoms with E-state index < -0.39 is 11.9 Å². The summed E-state index contributed by atoms with van der Waals surface area (Å²) in [5.41, 5.74) is 6.77. The molecule has 1 aromatic heterocycles. The van der Waals surface area contributed by atoms with Crippen molar-refractivity contribution in [2.24, 2.45) is 11.7 Å². The second-order valence-corrected chi connectivity index (χ2v) is 5.15. The highest BCUT2D eigenvalue weighted by Crippen LogP contribution is 2.48. The molecule has 3 unspecified atom stereocenters. The number of rotatable bonds is 2. The van der Waals surface area contributed by atoms with E-state index in [1.165, 1.54) is 0 Å². The zero-order valence-corrected chi connectivity index (χ0v) is 10.3. The molecule has 0 aromatic carbocycles. The summed E-state index contributed by atoms with van der Waals surface area (Å²) in [6.45, 7) is 3.57. The van der Waals surface area contributed by atoms with Crippen LogP contribution in [0.1, 0.15) is 34.7 Å². The van der Waals surface area contributed by atoms with Crippen LogP contribution in [-0.2, 0) is 4.79 Å². The summed E-state index contributed by atoms with van der Waals surface area (Å²) in [5, 5.41) is 3.78. The monoisotopic (exact) mass is 249 g/mol. The third-order valence-corrected chi connectivity index (χ3v) is 4.02. The van der Waals surface area contributed by atoms with Gasteiger partial charge in [-0.1, -0.05) is 5.16 Å². The quantitative estimate of drug-likeness (QED) is 0.820. The van der Waals surface area contributed by atoms with Gasteiger partial charge in [-0.15, -0.1) is 0 Å². The molecule has 2 N–H and O–H groups in total. The third-order valence-electron chi connectivity index (χ3n) is 4.02. The normalized spacial score (nSPS) is 29.2. The highest BCUT2D eigenvalue weighted by Gasteiger charge is 2.56. The molecule has 0 spiro atoms. The number of hydrogen-bond donors (Lipinski definition) is 1. The first-order valence-corrected chi connectivity index (χ1v) is 6.05. The Kier molecular flexibility index (Phi) is 2.23. The van der Waals surface area contributed by atoms with Gasteiger partial charge in [0.2, 0.25) is 11.7 Å². The fourth-order valence-corrected chi connectivity index (χ4v) is 2.73. The van der Waals surface area contributed by atoms with Crippen molar-refractivity contribution in [2.75, 3.05) is 0 Å². The molecule has 2 fully saturated rings. The van der Waals surface area contributed by atoms with Crippen LogP contribution in [-0.4, -0.2) is 34.0 Å². The van der Waals surface area contributed by atoms with Gasteiger partial charge in [-0.2, -0.15) is 0 Å². The Labute approximate surface area is 104 Å². The van der Waals surface area contributed by atoms with E-state index >= 15 is 0 Å². The van der Waals surface area contributed by atoms with Crippen molar-refractivity contribution < 1.29 is 14.1 Å². The zero-order valence-electron chi connectivity index (χ0n) is 10.3. The Bertz CT molecular complexity index is 537. The number of fused-ring (bicyclic) bond motifs is 1. The van der Waals surface area contributed by atoms with Crippen molar-refractivity contribution in [3.05, 3.63) is 17.0 Å². The lowest BCUT2D eigenvalue weighted by molar-refractivity contribution is -0.122. The van der Waals surface area contributed by atoms with Crippen molar-refractivity contribution in [1.82, 2.24) is 10.1 Å². The molecule has 3 atom stereocenters. The average molecular weight is 249 g/mol. The van der Waals surface area contributed by atoms with Gasteiger partial charge >= 0.3 is 0 Å². The molecule has 6 heteroatoms. The van der Waals surface area contributed by atoms with E-state index in [0.717, 1.165) is 12.0 Å². The van der Waals surface area contributed by atoms with Crippen LogP contribution in [0.5, 0.6) is 0 Å². The fraction of sp³-hybridized carbons (Fsp3) is 0.583. The van der Waals surface area contributed by atoms with Crippen LogP contribution in [0.4, 0.5) is 0 Å². The Morgan fingerprint density at radius 3 is 2.67 bits per heavy atom. The Morgan fingerprint density at radius 2 is 2.11 bits per heavy atom. The van der Waals surface area contributed by atoms with Gasteiger partial charge in [0, 0.05) is 11.6 Å². The average Bonchev–Trinajstić information content (AvgIpc) is 2.86. The van der Waals surface area contributed by atoms with Crippen LogP contribution in [0.2, 0.25) is 0 Å². The number of piperidine rings is 1. The van der Waals surface area contributed by atoms with E-state index in [4.69, 9.17) is 10.3 Å². The summed E-state index contributed by atoms with van der Waals surface area (Å²) in [7, 11) is 0. The second-order valence-electron chi connectivity index (χ2n) is 5.15. The number of carbonyl (C=O) groups is 2. The number of amides is 2. The van der Waals surface area contributed by atoms with Crippen LogP contribution in [0, 0.1) is 19.8 Å². The molecule has 1 aromatic rings. The van der Waals surface area contributed by atoms with Gasteiger partial charge in [-0.05, 0) is 32.6 Å². The van der Waals surface area contributed by atoms with Gasteiger partial charge in [0.1, 0.15) is 6.04 Å². The lowest BCUT2D eigenvalue weighted by atomic mass is 10.1. The summed E-state index contributed by atoms with van der Waals surface area (Å²) in [5.74, 6) is -0.0478. The van der Waals surface area contributed by atoms with Gasteiger partial charge in [-0.3, -0.25) is 9.59 Å². The number of primary amides is 1. The molecule has 18 heavy (non-hydrogen) atoms. The van der Waals surface area contributed by atoms with Gasteiger partial charge in [0.15, 0.2) is 0 Å². The topological polar surface area (TPSA) is 89.4 Å². The standard InChI is InChI=1S/C12H15N3O3/c1-5-6(2)14-18-10(5)12(17)15-8-3-7(8)4-9(15)11(13)16/h7-9H,3-4H2,1-2H3,(H2,13,16). The van der Waals surface area contributed by atoms with Crippen LogP contribution in [0.15, 0.2) is 4.52 Å². The Morgan fingerprint density at radius 1 is 1.39 bits per heavy atom. The first-order chi connectivity index (χ1) is 8.50. The summed E-state index contributed by atoms with van der Waals surface area (Å²) in [4.78, 5) is 25.4. The molecule has 6 nitrogen and oxygen atoms in total.